The zero-order valence-electron chi connectivity index (χ0n) is 11.2. The molecule has 1 unspecified atom stereocenters. The molecule has 21 heavy (non-hydrogen) atoms. The molecule has 7 heteroatoms. The predicted octanol–water partition coefficient (Wildman–Crippen LogP) is 1.32. The molecule has 1 heterocycles. The zero-order valence-corrected chi connectivity index (χ0v) is 11.2. The first-order valence-corrected chi connectivity index (χ1v) is 6.10. The van der Waals surface area contributed by atoms with Gasteiger partial charge in [0.1, 0.15) is 11.6 Å². The summed E-state index contributed by atoms with van der Waals surface area (Å²) in [5, 5.41) is 20.5. The van der Waals surface area contributed by atoms with Crippen molar-refractivity contribution in [1.82, 2.24) is 4.98 Å². The first kappa shape index (κ1) is 14.6. The van der Waals surface area contributed by atoms with Crippen LogP contribution in [0.2, 0.25) is 0 Å². The number of carboxylic acid groups (broad SMARTS) is 1. The fraction of sp³-hybridized carbons (Fsp3) is 0.214. The topological polar surface area (TPSA) is 122 Å². The van der Waals surface area contributed by atoms with Crippen LogP contribution in [0.5, 0.6) is 0 Å². The van der Waals surface area contributed by atoms with Crippen LogP contribution in [0, 0.1) is 29.4 Å². The Morgan fingerprint density at radius 2 is 2.29 bits per heavy atom. The summed E-state index contributed by atoms with van der Waals surface area (Å²) in [6, 6.07) is 1.70. The van der Waals surface area contributed by atoms with E-state index in [2.05, 4.69) is 10.9 Å². The Balaban J connectivity index is 2.74. The molecule has 0 saturated heterocycles. The summed E-state index contributed by atoms with van der Waals surface area (Å²) in [5.74, 6) is 1.32. The number of carboxylic acids is 1. The lowest BCUT2D eigenvalue weighted by molar-refractivity contribution is -0.383. The van der Waals surface area contributed by atoms with Crippen LogP contribution < -0.4 is 5.73 Å². The van der Waals surface area contributed by atoms with Gasteiger partial charge in [0.25, 0.3) is 5.69 Å². The molecule has 1 aromatic carbocycles. The number of nitro benzene ring substituents is 1. The highest BCUT2D eigenvalue weighted by Gasteiger charge is 2.23. The first-order valence-electron chi connectivity index (χ1n) is 6.10. The summed E-state index contributed by atoms with van der Waals surface area (Å²) >= 11 is 0. The Morgan fingerprint density at radius 1 is 1.62 bits per heavy atom. The van der Waals surface area contributed by atoms with E-state index in [1.807, 2.05) is 0 Å². The standard InChI is InChI=1S/C14H13N3O4/c1-3-8-4-5-11(17(20)21)13-12(8)9(7(2)16-13)6-10(15)14(18)19/h1,4-5,10,16H,6,15H2,2H3,(H,18,19). The van der Waals surface area contributed by atoms with E-state index in [0.29, 0.717) is 27.7 Å². The van der Waals surface area contributed by atoms with Gasteiger partial charge in [0, 0.05) is 29.1 Å². The number of aromatic amines is 1. The van der Waals surface area contributed by atoms with Gasteiger partial charge in [-0.1, -0.05) is 5.92 Å². The van der Waals surface area contributed by atoms with Crippen LogP contribution in [-0.4, -0.2) is 27.0 Å². The third-order valence-corrected chi connectivity index (χ3v) is 3.34. The summed E-state index contributed by atoms with van der Waals surface area (Å²) in [4.78, 5) is 24.4. The molecule has 0 amide bonds. The number of fused-ring (bicyclic) bond motifs is 1. The molecule has 0 aliphatic rings. The van der Waals surface area contributed by atoms with E-state index < -0.39 is 16.9 Å². The summed E-state index contributed by atoms with van der Waals surface area (Å²) < 4.78 is 0. The van der Waals surface area contributed by atoms with Crippen molar-refractivity contribution >= 4 is 22.6 Å². The van der Waals surface area contributed by atoms with Gasteiger partial charge < -0.3 is 15.8 Å². The number of nitrogens with one attached hydrogen (secondary N) is 1. The summed E-state index contributed by atoms with van der Waals surface area (Å²) in [5.41, 5.74) is 7.42. The van der Waals surface area contributed by atoms with Crippen molar-refractivity contribution in [2.75, 3.05) is 0 Å². The molecule has 0 aliphatic heterocycles. The number of carbonyl (C=O) groups is 1. The highest BCUT2D eigenvalue weighted by Crippen LogP contribution is 2.32. The molecule has 0 saturated carbocycles. The molecule has 0 spiro atoms. The number of aryl methyl sites for hydroxylation is 1. The molecular formula is C14H13N3O4. The number of H-pyrrole nitrogens is 1. The summed E-state index contributed by atoms with van der Waals surface area (Å²) in [7, 11) is 0. The predicted molar refractivity (Wildman–Crippen MR) is 76.9 cm³/mol. The Labute approximate surface area is 119 Å². The number of nitro groups is 1. The van der Waals surface area contributed by atoms with Gasteiger partial charge in [-0.2, -0.15) is 0 Å². The maximum atomic E-state index is 11.1. The van der Waals surface area contributed by atoms with Crippen molar-refractivity contribution < 1.29 is 14.8 Å². The summed E-state index contributed by atoms with van der Waals surface area (Å²) in [6.45, 7) is 1.70. The van der Waals surface area contributed by atoms with Gasteiger partial charge >= 0.3 is 5.97 Å². The van der Waals surface area contributed by atoms with Crippen LogP contribution >= 0.6 is 0 Å². The Bertz CT molecular complexity index is 786. The fourth-order valence-electron chi connectivity index (χ4n) is 2.32. The lowest BCUT2D eigenvalue weighted by Gasteiger charge is -2.07. The minimum absolute atomic E-state index is 0.0387. The van der Waals surface area contributed by atoms with Crippen LogP contribution in [0.3, 0.4) is 0 Å². The maximum absolute atomic E-state index is 11.1. The first-order chi connectivity index (χ1) is 9.86. The fourth-order valence-corrected chi connectivity index (χ4v) is 2.32. The second kappa shape index (κ2) is 5.26. The van der Waals surface area contributed by atoms with Crippen molar-refractivity contribution in [3.8, 4) is 12.3 Å². The van der Waals surface area contributed by atoms with E-state index in [1.165, 1.54) is 12.1 Å². The molecule has 0 radical (unpaired) electrons. The van der Waals surface area contributed by atoms with E-state index in [9.17, 15) is 14.9 Å². The van der Waals surface area contributed by atoms with Crippen molar-refractivity contribution in [2.45, 2.75) is 19.4 Å². The molecule has 1 atom stereocenters. The third kappa shape index (κ3) is 2.44. The molecular weight excluding hydrogens is 274 g/mol. The normalized spacial score (nSPS) is 12.0. The minimum atomic E-state index is -1.14. The summed E-state index contributed by atoms with van der Waals surface area (Å²) in [6.07, 6.45) is 5.47. The molecule has 0 bridgehead atoms. The van der Waals surface area contributed by atoms with Crippen LogP contribution in [0.15, 0.2) is 12.1 Å². The Morgan fingerprint density at radius 3 is 2.81 bits per heavy atom. The number of aliphatic carboxylic acids is 1. The molecule has 0 fully saturated rings. The van der Waals surface area contributed by atoms with Crippen LogP contribution in [0.25, 0.3) is 10.9 Å². The van der Waals surface area contributed by atoms with Crippen LogP contribution in [0.1, 0.15) is 16.8 Å². The molecule has 7 nitrogen and oxygen atoms in total. The number of terminal acetylenes is 1. The van der Waals surface area contributed by atoms with Gasteiger partial charge in [-0.25, -0.2) is 0 Å². The number of hydrogen-bond donors (Lipinski definition) is 3. The Kier molecular flexibility index (Phi) is 3.65. The average Bonchev–Trinajstić information content (AvgIpc) is 2.74. The number of rotatable bonds is 4. The monoisotopic (exact) mass is 287 g/mol. The second-order valence-corrected chi connectivity index (χ2v) is 4.66. The quantitative estimate of drug-likeness (QED) is 0.444. The largest absolute Gasteiger partial charge is 0.480 e. The SMILES string of the molecule is C#Cc1ccc([N+](=O)[O-])c2[nH]c(C)c(CC(N)C(=O)O)c12. The van der Waals surface area contributed by atoms with E-state index in [0.717, 1.165) is 0 Å². The average molecular weight is 287 g/mol. The minimum Gasteiger partial charge on any atom is -0.480 e. The van der Waals surface area contributed by atoms with E-state index >= 15 is 0 Å². The van der Waals surface area contributed by atoms with Gasteiger partial charge in [-0.15, -0.1) is 6.42 Å². The van der Waals surface area contributed by atoms with Crippen molar-refractivity contribution in [3.05, 3.63) is 39.1 Å². The lowest BCUT2D eigenvalue weighted by Crippen LogP contribution is -2.32. The van der Waals surface area contributed by atoms with Gasteiger partial charge in [-0.05, 0) is 18.6 Å². The van der Waals surface area contributed by atoms with Crippen molar-refractivity contribution in [2.24, 2.45) is 5.73 Å². The van der Waals surface area contributed by atoms with E-state index in [-0.39, 0.29) is 12.1 Å². The van der Waals surface area contributed by atoms with Gasteiger partial charge in [0.2, 0.25) is 0 Å². The molecule has 4 N–H and O–H groups in total. The van der Waals surface area contributed by atoms with E-state index in [4.69, 9.17) is 17.3 Å². The lowest BCUT2D eigenvalue weighted by atomic mass is 9.99. The highest BCUT2D eigenvalue weighted by molar-refractivity contribution is 5.96. The number of benzene rings is 1. The van der Waals surface area contributed by atoms with Crippen molar-refractivity contribution in [1.29, 1.82) is 0 Å². The van der Waals surface area contributed by atoms with Crippen LogP contribution in [0.4, 0.5) is 5.69 Å². The number of nitrogens with two attached hydrogens (primary N) is 1. The number of nitrogens with zero attached hydrogens (tertiary/aromatic N) is 1. The number of aromatic nitrogens is 1. The van der Waals surface area contributed by atoms with Crippen molar-refractivity contribution in [3.63, 3.8) is 0 Å². The maximum Gasteiger partial charge on any atom is 0.320 e. The van der Waals surface area contributed by atoms with Gasteiger partial charge in [0.15, 0.2) is 0 Å². The molecule has 2 rings (SSSR count). The third-order valence-electron chi connectivity index (χ3n) is 3.34. The molecule has 108 valence electrons. The zero-order chi connectivity index (χ0) is 15.7. The van der Waals surface area contributed by atoms with E-state index in [1.54, 1.807) is 6.92 Å². The number of non-ortho nitro benzene ring substituents is 1. The van der Waals surface area contributed by atoms with Crippen LogP contribution in [-0.2, 0) is 11.2 Å². The second-order valence-electron chi connectivity index (χ2n) is 4.66. The smallest absolute Gasteiger partial charge is 0.320 e. The molecule has 0 aliphatic carbocycles. The van der Waals surface area contributed by atoms with Gasteiger partial charge in [0.05, 0.1) is 4.92 Å². The van der Waals surface area contributed by atoms with Gasteiger partial charge in [-0.3, -0.25) is 14.9 Å². The highest BCUT2D eigenvalue weighted by atomic mass is 16.6. The number of hydrogen-bond acceptors (Lipinski definition) is 4. The molecule has 1 aromatic heterocycles. The Hall–Kier alpha value is -2.85. The molecule has 2 aromatic rings.